The number of benzene rings is 1. The van der Waals surface area contributed by atoms with E-state index in [-0.39, 0.29) is 35.8 Å². The third-order valence-electron chi connectivity index (χ3n) is 3.73. The first kappa shape index (κ1) is 23.9. The van der Waals surface area contributed by atoms with Crippen LogP contribution in [-0.2, 0) is 0 Å². The summed E-state index contributed by atoms with van der Waals surface area (Å²) in [5.41, 5.74) is 0.882. The lowest BCUT2D eigenvalue weighted by Crippen LogP contribution is -2.46. The number of ether oxygens (including phenoxy) is 1. The summed E-state index contributed by atoms with van der Waals surface area (Å²) in [6.45, 7) is 13.5. The first-order chi connectivity index (χ1) is 11.0. The van der Waals surface area contributed by atoms with Gasteiger partial charge in [-0.15, -0.1) is 12.4 Å². The fourth-order valence-corrected chi connectivity index (χ4v) is 2.97. The Kier molecular flexibility index (Phi) is 9.70. The third kappa shape index (κ3) is 9.83. The van der Waals surface area contributed by atoms with E-state index in [1.54, 1.807) is 24.3 Å². The highest BCUT2D eigenvalue weighted by Gasteiger charge is 2.25. The predicted molar refractivity (Wildman–Crippen MR) is 106 cm³/mol. The van der Waals surface area contributed by atoms with E-state index in [1.807, 2.05) is 6.92 Å². The average Bonchev–Trinajstić information content (AvgIpc) is 2.48. The van der Waals surface area contributed by atoms with E-state index in [0.29, 0.717) is 24.3 Å². The van der Waals surface area contributed by atoms with Gasteiger partial charge in [0.1, 0.15) is 18.5 Å². The molecule has 1 aromatic rings. The van der Waals surface area contributed by atoms with Crippen LogP contribution in [0.2, 0.25) is 0 Å². The average molecular weight is 372 g/mol. The molecule has 1 atom stereocenters. The molecule has 0 saturated heterocycles. The molecular weight excluding hydrogens is 338 g/mol. The molecule has 0 bridgehead atoms. The van der Waals surface area contributed by atoms with Crippen molar-refractivity contribution in [1.82, 2.24) is 5.32 Å². The van der Waals surface area contributed by atoms with Crippen LogP contribution in [0.1, 0.15) is 64.7 Å². The number of nitrogens with one attached hydrogen (secondary N) is 1. The van der Waals surface area contributed by atoms with Gasteiger partial charge < -0.3 is 15.2 Å². The molecule has 144 valence electrons. The summed E-state index contributed by atoms with van der Waals surface area (Å²) in [4.78, 5) is 11.6. The lowest BCUT2D eigenvalue weighted by molar-refractivity contribution is 0.0942. The van der Waals surface area contributed by atoms with E-state index >= 15 is 0 Å². The van der Waals surface area contributed by atoms with Gasteiger partial charge in [-0.3, -0.25) is 4.79 Å². The fourth-order valence-electron chi connectivity index (χ4n) is 2.97. The molecule has 0 aromatic heterocycles. The second-order valence-electron chi connectivity index (χ2n) is 8.27. The van der Waals surface area contributed by atoms with Gasteiger partial charge in [0.25, 0.3) is 0 Å². The second kappa shape index (κ2) is 10.1. The minimum absolute atomic E-state index is 0. The van der Waals surface area contributed by atoms with Crippen LogP contribution >= 0.6 is 12.4 Å². The van der Waals surface area contributed by atoms with Gasteiger partial charge in [-0.05, 0) is 49.9 Å². The molecule has 5 heteroatoms. The van der Waals surface area contributed by atoms with Crippen LogP contribution < -0.4 is 10.1 Å². The highest BCUT2D eigenvalue weighted by Crippen LogP contribution is 2.26. The first-order valence-corrected chi connectivity index (χ1v) is 8.71. The normalized spacial score (nSPS) is 13.1. The summed E-state index contributed by atoms with van der Waals surface area (Å²) in [5.74, 6) is 0.780. The molecule has 0 aliphatic rings. The van der Waals surface area contributed by atoms with Gasteiger partial charge >= 0.3 is 0 Å². The molecule has 0 fully saturated rings. The first-order valence-electron chi connectivity index (χ1n) is 8.71. The monoisotopic (exact) mass is 371 g/mol. The van der Waals surface area contributed by atoms with Crippen molar-refractivity contribution in [2.75, 3.05) is 13.2 Å². The number of rotatable bonds is 9. The van der Waals surface area contributed by atoms with Gasteiger partial charge in [-0.1, -0.05) is 27.7 Å². The molecule has 0 heterocycles. The third-order valence-corrected chi connectivity index (χ3v) is 3.73. The maximum atomic E-state index is 11.6. The highest BCUT2D eigenvalue weighted by atomic mass is 35.5. The van der Waals surface area contributed by atoms with Gasteiger partial charge in [-0.25, -0.2) is 0 Å². The van der Waals surface area contributed by atoms with Gasteiger partial charge in [0, 0.05) is 24.1 Å². The molecular formula is C20H34ClNO3. The van der Waals surface area contributed by atoms with Crippen molar-refractivity contribution in [3.05, 3.63) is 29.8 Å². The number of β-amino-alcohol motifs (C(OH)–C–C–N with tert-alkyl or cyclic N) is 1. The molecule has 0 aliphatic heterocycles. The van der Waals surface area contributed by atoms with Crippen molar-refractivity contribution in [3.8, 4) is 5.75 Å². The number of ketones is 1. The Balaban J connectivity index is 0.00000576. The number of aliphatic hydroxyl groups is 1. The standard InChI is InChI=1S/C20H33NO3.ClH/c1-7-18(23)15-8-10-17(11-9-15)24-13-16(22)12-21-20(5,6)14-19(2,3)4;/h8-11,16,21-22H,7,12-14H2,1-6H3;1H. The van der Waals surface area contributed by atoms with Crippen LogP contribution in [0.15, 0.2) is 24.3 Å². The maximum absolute atomic E-state index is 11.6. The van der Waals surface area contributed by atoms with Crippen molar-refractivity contribution >= 4 is 18.2 Å². The summed E-state index contributed by atoms with van der Waals surface area (Å²) < 4.78 is 5.60. The summed E-state index contributed by atoms with van der Waals surface area (Å²) in [6, 6.07) is 7.07. The fraction of sp³-hybridized carbons (Fsp3) is 0.650. The van der Waals surface area contributed by atoms with Gasteiger partial charge in [0.15, 0.2) is 5.78 Å². The van der Waals surface area contributed by atoms with Crippen LogP contribution in [0.25, 0.3) is 0 Å². The van der Waals surface area contributed by atoms with E-state index in [2.05, 4.69) is 39.9 Å². The molecule has 0 spiro atoms. The zero-order valence-electron chi connectivity index (χ0n) is 16.4. The quantitative estimate of drug-likeness (QED) is 0.637. The maximum Gasteiger partial charge on any atom is 0.162 e. The van der Waals surface area contributed by atoms with Gasteiger partial charge in [-0.2, -0.15) is 0 Å². The molecule has 4 nitrogen and oxygen atoms in total. The molecule has 1 unspecified atom stereocenters. The zero-order chi connectivity index (χ0) is 18.4. The van der Waals surface area contributed by atoms with Crippen molar-refractivity contribution in [1.29, 1.82) is 0 Å². The van der Waals surface area contributed by atoms with Crippen molar-refractivity contribution in [2.24, 2.45) is 5.41 Å². The smallest absolute Gasteiger partial charge is 0.162 e. The van der Waals surface area contributed by atoms with Crippen LogP contribution in [0.4, 0.5) is 0 Å². The van der Waals surface area contributed by atoms with E-state index in [9.17, 15) is 9.90 Å². The van der Waals surface area contributed by atoms with Crippen molar-refractivity contribution in [3.63, 3.8) is 0 Å². The zero-order valence-corrected chi connectivity index (χ0v) is 17.2. The van der Waals surface area contributed by atoms with Crippen LogP contribution in [0.5, 0.6) is 5.75 Å². The lowest BCUT2D eigenvalue weighted by Gasteiger charge is -2.34. The highest BCUT2D eigenvalue weighted by molar-refractivity contribution is 5.95. The van der Waals surface area contributed by atoms with E-state index in [1.165, 1.54) is 0 Å². The van der Waals surface area contributed by atoms with E-state index < -0.39 is 6.10 Å². The Morgan fingerprint density at radius 2 is 1.72 bits per heavy atom. The van der Waals surface area contributed by atoms with Crippen LogP contribution in [-0.4, -0.2) is 35.7 Å². The Morgan fingerprint density at radius 3 is 2.20 bits per heavy atom. The summed E-state index contributed by atoms with van der Waals surface area (Å²) in [6.07, 6.45) is 0.927. The van der Waals surface area contributed by atoms with Crippen LogP contribution in [0, 0.1) is 5.41 Å². The topological polar surface area (TPSA) is 58.6 Å². The molecule has 0 radical (unpaired) electrons. The number of aliphatic hydroxyl groups excluding tert-OH is 1. The minimum atomic E-state index is -0.582. The largest absolute Gasteiger partial charge is 0.491 e. The SMILES string of the molecule is CCC(=O)c1ccc(OCC(O)CNC(C)(C)CC(C)(C)C)cc1.Cl. The molecule has 1 aromatic carbocycles. The number of carbonyl (C=O) groups is 1. The van der Waals surface area contributed by atoms with Crippen molar-refractivity contribution < 1.29 is 14.6 Å². The van der Waals surface area contributed by atoms with E-state index in [4.69, 9.17) is 4.74 Å². The number of carbonyl (C=O) groups excluding carboxylic acids is 1. The lowest BCUT2D eigenvalue weighted by atomic mass is 9.82. The minimum Gasteiger partial charge on any atom is -0.491 e. The second-order valence-corrected chi connectivity index (χ2v) is 8.27. The summed E-state index contributed by atoms with van der Waals surface area (Å²) >= 11 is 0. The van der Waals surface area contributed by atoms with Crippen molar-refractivity contribution in [2.45, 2.75) is 66.0 Å². The number of halogens is 1. The Bertz CT molecular complexity index is 521. The molecule has 1 rings (SSSR count). The predicted octanol–water partition coefficient (Wildman–Crippen LogP) is 4.25. The van der Waals surface area contributed by atoms with E-state index in [0.717, 1.165) is 6.42 Å². The molecule has 25 heavy (non-hydrogen) atoms. The molecule has 0 saturated carbocycles. The van der Waals surface area contributed by atoms with Gasteiger partial charge in [0.05, 0.1) is 0 Å². The van der Waals surface area contributed by atoms with Gasteiger partial charge in [0.2, 0.25) is 0 Å². The summed E-state index contributed by atoms with van der Waals surface area (Å²) in [5, 5.41) is 13.5. The number of Topliss-reactive ketones (excluding diaryl/α,β-unsaturated/α-hetero) is 1. The Hall–Kier alpha value is -1.10. The Morgan fingerprint density at radius 1 is 1.16 bits per heavy atom. The molecule has 0 aliphatic carbocycles. The number of hydrogen-bond acceptors (Lipinski definition) is 4. The molecule has 2 N–H and O–H groups in total. The van der Waals surface area contributed by atoms with Crippen LogP contribution in [0.3, 0.4) is 0 Å². The Labute approximate surface area is 158 Å². The number of hydrogen-bond donors (Lipinski definition) is 2. The molecule has 0 amide bonds. The summed E-state index contributed by atoms with van der Waals surface area (Å²) in [7, 11) is 0.